The summed E-state index contributed by atoms with van der Waals surface area (Å²) in [6.07, 6.45) is 6.87. The predicted octanol–water partition coefficient (Wildman–Crippen LogP) is 2.57. The van der Waals surface area contributed by atoms with Gasteiger partial charge in [-0.25, -0.2) is 9.88 Å². The maximum absolute atomic E-state index is 13.0. The number of benzene rings is 2. The summed E-state index contributed by atoms with van der Waals surface area (Å²) in [5, 5.41) is 2.94. The molecule has 3 aromatic rings. The van der Waals surface area contributed by atoms with Crippen LogP contribution in [0.15, 0.2) is 61.2 Å². The number of imide groups is 1. The van der Waals surface area contributed by atoms with Gasteiger partial charge in [0, 0.05) is 24.0 Å². The summed E-state index contributed by atoms with van der Waals surface area (Å²) in [5.74, 6) is -1.01. The number of nitrogens with zero attached hydrogens (tertiary/aromatic N) is 3. The normalized spacial score (nSPS) is 15.6. The van der Waals surface area contributed by atoms with Gasteiger partial charge in [0.1, 0.15) is 0 Å². The van der Waals surface area contributed by atoms with E-state index in [0.717, 1.165) is 17.7 Å². The Hall–Kier alpha value is -3.74. The molecule has 0 radical (unpaired) electrons. The lowest BCUT2D eigenvalue weighted by Gasteiger charge is -2.19. The van der Waals surface area contributed by atoms with Gasteiger partial charge in [-0.1, -0.05) is 12.1 Å². The number of imidazole rings is 1. The van der Waals surface area contributed by atoms with Gasteiger partial charge in [0.25, 0.3) is 17.7 Å². The van der Waals surface area contributed by atoms with Crippen molar-refractivity contribution in [3.63, 3.8) is 0 Å². The van der Waals surface area contributed by atoms with Gasteiger partial charge >= 0.3 is 0 Å². The maximum atomic E-state index is 13.0. The molecule has 138 valence electrons. The Bertz CT molecular complexity index is 1080. The third-order valence-corrected chi connectivity index (χ3v) is 4.97. The Morgan fingerprint density at radius 2 is 1.71 bits per heavy atom. The van der Waals surface area contributed by atoms with Crippen LogP contribution in [0.5, 0.6) is 0 Å². The van der Waals surface area contributed by atoms with Crippen LogP contribution in [-0.2, 0) is 0 Å². The molecule has 28 heavy (non-hydrogen) atoms. The lowest BCUT2D eigenvalue weighted by Crippen LogP contribution is -2.31. The van der Waals surface area contributed by atoms with E-state index in [-0.39, 0.29) is 11.9 Å². The molecule has 2 aromatic carbocycles. The first-order chi connectivity index (χ1) is 13.6. The second-order valence-electron chi connectivity index (χ2n) is 6.91. The van der Waals surface area contributed by atoms with Crippen molar-refractivity contribution in [1.82, 2.24) is 14.9 Å². The number of carbonyl (C=O) groups excluding carboxylic acids is 3. The summed E-state index contributed by atoms with van der Waals surface area (Å²) < 4.78 is 1.71. The standard InChI is InChI=1S/C21H16N4O3/c26-19(23-14-6-7-14)13-5-8-17(24-10-9-22-12-24)18(11-13)25-20(27)15-3-1-2-4-16(15)21(25)28/h1-5,8-12,14H,6-7H2,(H,23,26). The first kappa shape index (κ1) is 16.4. The number of fused-ring (bicyclic) bond motifs is 1. The van der Waals surface area contributed by atoms with E-state index in [9.17, 15) is 14.4 Å². The average molecular weight is 372 g/mol. The van der Waals surface area contributed by atoms with Crippen LogP contribution in [-0.4, -0.2) is 33.3 Å². The molecular formula is C21H16N4O3. The Morgan fingerprint density at radius 3 is 2.32 bits per heavy atom. The van der Waals surface area contributed by atoms with Gasteiger partial charge in [-0.3, -0.25) is 14.4 Å². The predicted molar refractivity (Wildman–Crippen MR) is 102 cm³/mol. The van der Waals surface area contributed by atoms with Crippen molar-refractivity contribution in [2.24, 2.45) is 0 Å². The molecule has 1 aliphatic carbocycles. The molecule has 7 nitrogen and oxygen atoms in total. The fraction of sp³-hybridized carbons (Fsp3) is 0.143. The third kappa shape index (κ3) is 2.60. The van der Waals surface area contributed by atoms with Gasteiger partial charge in [-0.2, -0.15) is 0 Å². The molecule has 0 spiro atoms. The molecule has 0 saturated heterocycles. The van der Waals surface area contributed by atoms with Crippen molar-refractivity contribution in [3.05, 3.63) is 77.9 Å². The third-order valence-electron chi connectivity index (χ3n) is 4.97. The number of carbonyl (C=O) groups is 3. The van der Waals surface area contributed by atoms with Crippen LogP contribution < -0.4 is 10.2 Å². The van der Waals surface area contributed by atoms with Gasteiger partial charge in [-0.05, 0) is 43.2 Å². The van der Waals surface area contributed by atoms with Gasteiger partial charge in [0.2, 0.25) is 0 Å². The van der Waals surface area contributed by atoms with E-state index in [1.54, 1.807) is 65.8 Å². The van der Waals surface area contributed by atoms with Crippen molar-refractivity contribution < 1.29 is 14.4 Å². The molecule has 1 aromatic heterocycles. The second-order valence-corrected chi connectivity index (χ2v) is 6.91. The summed E-state index contributed by atoms with van der Waals surface area (Å²) in [6, 6.07) is 11.9. The van der Waals surface area contributed by atoms with E-state index in [4.69, 9.17) is 0 Å². The van der Waals surface area contributed by atoms with Crippen LogP contribution in [0.25, 0.3) is 5.69 Å². The molecule has 1 N–H and O–H groups in total. The fourth-order valence-electron chi connectivity index (χ4n) is 3.37. The van der Waals surface area contributed by atoms with E-state index < -0.39 is 11.8 Å². The van der Waals surface area contributed by atoms with Crippen LogP contribution in [0.4, 0.5) is 5.69 Å². The summed E-state index contributed by atoms with van der Waals surface area (Å²) >= 11 is 0. The topological polar surface area (TPSA) is 84.3 Å². The zero-order valence-corrected chi connectivity index (χ0v) is 14.8. The Labute approximate surface area is 160 Å². The van der Waals surface area contributed by atoms with E-state index in [2.05, 4.69) is 10.3 Å². The minimum atomic E-state index is -0.401. The zero-order valence-electron chi connectivity index (χ0n) is 14.8. The van der Waals surface area contributed by atoms with Crippen LogP contribution in [0.3, 0.4) is 0 Å². The quantitative estimate of drug-likeness (QED) is 0.714. The molecule has 1 aliphatic heterocycles. The summed E-state index contributed by atoms with van der Waals surface area (Å²) in [4.78, 5) is 43.7. The van der Waals surface area contributed by atoms with E-state index in [1.165, 1.54) is 0 Å². The average Bonchev–Trinajstić information content (AvgIpc) is 3.28. The number of rotatable bonds is 4. The van der Waals surface area contributed by atoms with E-state index in [1.807, 2.05) is 0 Å². The maximum Gasteiger partial charge on any atom is 0.266 e. The fourth-order valence-corrected chi connectivity index (χ4v) is 3.37. The van der Waals surface area contributed by atoms with Gasteiger partial charge in [-0.15, -0.1) is 0 Å². The Morgan fingerprint density at radius 1 is 1.00 bits per heavy atom. The minimum absolute atomic E-state index is 0.211. The highest BCUT2D eigenvalue weighted by atomic mass is 16.2. The summed E-state index contributed by atoms with van der Waals surface area (Å²) in [6.45, 7) is 0. The number of anilines is 1. The monoisotopic (exact) mass is 372 g/mol. The summed E-state index contributed by atoms with van der Waals surface area (Å²) in [5.41, 5.74) is 2.07. The molecule has 1 saturated carbocycles. The van der Waals surface area contributed by atoms with Crippen LogP contribution in [0, 0.1) is 0 Å². The largest absolute Gasteiger partial charge is 0.349 e. The first-order valence-electron chi connectivity index (χ1n) is 9.04. The molecule has 3 amide bonds. The molecule has 2 heterocycles. The lowest BCUT2D eigenvalue weighted by molar-refractivity contribution is 0.0919. The smallest absolute Gasteiger partial charge is 0.266 e. The zero-order chi connectivity index (χ0) is 19.3. The molecule has 0 bridgehead atoms. The van der Waals surface area contributed by atoms with Crippen molar-refractivity contribution in [3.8, 4) is 5.69 Å². The number of aromatic nitrogens is 2. The highest BCUT2D eigenvalue weighted by molar-refractivity contribution is 6.35. The number of hydrogen-bond acceptors (Lipinski definition) is 4. The molecule has 5 rings (SSSR count). The second kappa shape index (κ2) is 6.16. The Balaban J connectivity index is 1.63. The molecule has 0 atom stereocenters. The number of hydrogen-bond donors (Lipinski definition) is 1. The van der Waals surface area contributed by atoms with Gasteiger partial charge in [0.05, 0.1) is 28.8 Å². The minimum Gasteiger partial charge on any atom is -0.349 e. The van der Waals surface area contributed by atoms with Crippen LogP contribution >= 0.6 is 0 Å². The van der Waals surface area contributed by atoms with Crippen LogP contribution in [0.2, 0.25) is 0 Å². The first-order valence-corrected chi connectivity index (χ1v) is 9.04. The van der Waals surface area contributed by atoms with Gasteiger partial charge in [0.15, 0.2) is 0 Å². The molecule has 7 heteroatoms. The SMILES string of the molecule is O=C(NC1CC1)c1ccc(-n2ccnc2)c(N2C(=O)c3ccccc3C2=O)c1. The molecule has 0 unspecified atom stereocenters. The molecular weight excluding hydrogens is 356 g/mol. The van der Waals surface area contributed by atoms with E-state index >= 15 is 0 Å². The van der Waals surface area contributed by atoms with Crippen molar-refractivity contribution in [1.29, 1.82) is 0 Å². The highest BCUT2D eigenvalue weighted by Gasteiger charge is 2.38. The number of amides is 3. The van der Waals surface area contributed by atoms with Crippen molar-refractivity contribution >= 4 is 23.4 Å². The molecule has 2 aliphatic rings. The van der Waals surface area contributed by atoms with Gasteiger partial charge < -0.3 is 9.88 Å². The van der Waals surface area contributed by atoms with Crippen LogP contribution in [0.1, 0.15) is 43.9 Å². The van der Waals surface area contributed by atoms with Crippen molar-refractivity contribution in [2.75, 3.05) is 4.90 Å². The Kier molecular flexibility index (Phi) is 3.61. The summed E-state index contributed by atoms with van der Waals surface area (Å²) in [7, 11) is 0. The molecule has 1 fully saturated rings. The lowest BCUT2D eigenvalue weighted by atomic mass is 10.1. The van der Waals surface area contributed by atoms with Crippen molar-refractivity contribution in [2.45, 2.75) is 18.9 Å². The highest BCUT2D eigenvalue weighted by Crippen LogP contribution is 2.33. The van der Waals surface area contributed by atoms with E-state index in [0.29, 0.717) is 28.1 Å². The number of nitrogens with one attached hydrogen (secondary N) is 1.